The van der Waals surface area contributed by atoms with Crippen LogP contribution in [0.25, 0.3) is 0 Å². The molecule has 18 heavy (non-hydrogen) atoms. The van der Waals surface area contributed by atoms with Crippen LogP contribution in [0, 0.1) is 17.0 Å². The maximum absolute atomic E-state index is 11.0. The number of hydrogen-bond donors (Lipinski definition) is 1. The molecule has 0 aromatic carbocycles. The Kier molecular flexibility index (Phi) is 5.97. The average Bonchev–Trinajstić information content (AvgIpc) is 2.65. The summed E-state index contributed by atoms with van der Waals surface area (Å²) in [6.07, 6.45) is 4.20. The first kappa shape index (κ1) is 14.8. The molecular weight excluding hydrogens is 252 g/mol. The third-order valence-electron chi connectivity index (χ3n) is 2.65. The van der Waals surface area contributed by atoms with E-state index in [0.29, 0.717) is 18.1 Å². The highest BCUT2D eigenvalue weighted by molar-refractivity contribution is 7.98. The largest absolute Gasteiger partial charge is 0.365 e. The van der Waals surface area contributed by atoms with E-state index in [1.54, 1.807) is 11.6 Å². The first-order chi connectivity index (χ1) is 8.61. The first-order valence-corrected chi connectivity index (χ1v) is 7.45. The van der Waals surface area contributed by atoms with E-state index in [-0.39, 0.29) is 10.6 Å². The molecule has 0 fully saturated rings. The monoisotopic (exact) mass is 272 g/mol. The lowest BCUT2D eigenvalue weighted by molar-refractivity contribution is -0.384. The lowest BCUT2D eigenvalue weighted by Gasteiger charge is -2.07. The van der Waals surface area contributed by atoms with Crippen molar-refractivity contribution in [2.75, 3.05) is 23.9 Å². The molecule has 1 heterocycles. The van der Waals surface area contributed by atoms with Gasteiger partial charge in [-0.05, 0) is 38.7 Å². The Hall–Kier alpha value is -1.24. The Balaban J connectivity index is 2.70. The van der Waals surface area contributed by atoms with Gasteiger partial charge in [0, 0.05) is 13.1 Å². The van der Waals surface area contributed by atoms with Gasteiger partial charge in [-0.1, -0.05) is 0 Å². The minimum atomic E-state index is -0.362. The number of aromatic nitrogens is 2. The zero-order valence-electron chi connectivity index (χ0n) is 11.1. The number of anilines is 1. The third kappa shape index (κ3) is 3.63. The molecule has 1 rings (SSSR count). The summed E-state index contributed by atoms with van der Waals surface area (Å²) >= 11 is 1.81. The van der Waals surface area contributed by atoms with Gasteiger partial charge in [0.2, 0.25) is 5.82 Å². The summed E-state index contributed by atoms with van der Waals surface area (Å²) in [6.45, 7) is 4.96. The van der Waals surface area contributed by atoms with Gasteiger partial charge in [-0.25, -0.2) is 4.68 Å². The molecular formula is C11H20N4O2S. The van der Waals surface area contributed by atoms with Crippen molar-refractivity contribution in [1.82, 2.24) is 9.78 Å². The van der Waals surface area contributed by atoms with Crippen molar-refractivity contribution in [2.24, 2.45) is 0 Å². The lowest BCUT2D eigenvalue weighted by atomic mass is 10.3. The summed E-state index contributed by atoms with van der Waals surface area (Å²) in [4.78, 5) is 10.7. The zero-order valence-corrected chi connectivity index (χ0v) is 11.9. The highest BCUT2D eigenvalue weighted by Gasteiger charge is 2.24. The number of nitrogens with zero attached hydrogens (tertiary/aromatic N) is 3. The third-order valence-corrected chi connectivity index (χ3v) is 3.34. The number of thioether (sulfide) groups is 1. The van der Waals surface area contributed by atoms with Gasteiger partial charge in [0.25, 0.3) is 0 Å². The van der Waals surface area contributed by atoms with E-state index in [2.05, 4.69) is 16.7 Å². The van der Waals surface area contributed by atoms with Crippen molar-refractivity contribution in [1.29, 1.82) is 0 Å². The maximum Gasteiger partial charge on any atom is 0.333 e. The van der Waals surface area contributed by atoms with Crippen LogP contribution in [-0.4, -0.2) is 33.3 Å². The van der Waals surface area contributed by atoms with Gasteiger partial charge in [0.05, 0.1) is 4.92 Å². The van der Waals surface area contributed by atoms with E-state index >= 15 is 0 Å². The average molecular weight is 272 g/mol. The Bertz CT molecular complexity index is 406. The Morgan fingerprint density at radius 2 is 2.22 bits per heavy atom. The molecule has 0 saturated heterocycles. The summed E-state index contributed by atoms with van der Waals surface area (Å²) in [5.74, 6) is 1.65. The van der Waals surface area contributed by atoms with Crippen molar-refractivity contribution >= 4 is 23.3 Å². The van der Waals surface area contributed by atoms with Crippen LogP contribution in [0.2, 0.25) is 0 Å². The fourth-order valence-electron chi connectivity index (χ4n) is 1.77. The predicted molar refractivity (Wildman–Crippen MR) is 75.4 cm³/mol. The first-order valence-electron chi connectivity index (χ1n) is 6.06. The molecule has 1 N–H and O–H groups in total. The molecule has 1 aromatic rings. The van der Waals surface area contributed by atoms with Gasteiger partial charge >= 0.3 is 5.69 Å². The molecule has 0 amide bonds. The van der Waals surface area contributed by atoms with Crippen molar-refractivity contribution < 1.29 is 4.92 Å². The molecule has 102 valence electrons. The number of unbranched alkanes of at least 4 members (excludes halogenated alkanes) is 1. The summed E-state index contributed by atoms with van der Waals surface area (Å²) < 4.78 is 1.65. The molecule has 0 radical (unpaired) electrons. The molecule has 0 aliphatic rings. The van der Waals surface area contributed by atoms with Gasteiger partial charge < -0.3 is 5.32 Å². The Morgan fingerprint density at radius 3 is 2.78 bits per heavy atom. The molecule has 0 atom stereocenters. The van der Waals surface area contributed by atoms with Gasteiger partial charge in [-0.15, -0.1) is 0 Å². The second-order valence-corrected chi connectivity index (χ2v) is 4.97. The molecule has 7 heteroatoms. The highest BCUT2D eigenvalue weighted by atomic mass is 32.2. The summed E-state index contributed by atoms with van der Waals surface area (Å²) in [6, 6.07) is 0. The number of hydrogen-bond acceptors (Lipinski definition) is 5. The molecule has 6 nitrogen and oxygen atoms in total. The predicted octanol–water partition coefficient (Wildman–Crippen LogP) is 2.67. The van der Waals surface area contributed by atoms with E-state index in [1.807, 2.05) is 18.7 Å². The van der Waals surface area contributed by atoms with Crippen molar-refractivity contribution in [3.8, 4) is 0 Å². The summed E-state index contributed by atoms with van der Waals surface area (Å²) in [5.41, 5.74) is 0.565. The van der Waals surface area contributed by atoms with Crippen LogP contribution in [0.1, 0.15) is 25.5 Å². The van der Waals surface area contributed by atoms with Crippen molar-refractivity contribution in [2.45, 2.75) is 33.2 Å². The number of aryl methyl sites for hydroxylation is 2. The zero-order chi connectivity index (χ0) is 13.5. The van der Waals surface area contributed by atoms with Crippen LogP contribution in [0.4, 0.5) is 11.5 Å². The molecule has 0 bridgehead atoms. The van der Waals surface area contributed by atoms with Gasteiger partial charge in [0.15, 0.2) is 0 Å². The number of nitro groups is 1. The van der Waals surface area contributed by atoms with Crippen LogP contribution in [0.3, 0.4) is 0 Å². The van der Waals surface area contributed by atoms with Crippen LogP contribution in [0.15, 0.2) is 0 Å². The topological polar surface area (TPSA) is 73.0 Å². The van der Waals surface area contributed by atoms with Crippen LogP contribution < -0.4 is 5.32 Å². The normalized spacial score (nSPS) is 10.6. The Labute approximate surface area is 111 Å². The lowest BCUT2D eigenvalue weighted by Crippen LogP contribution is -2.09. The minimum absolute atomic E-state index is 0.0988. The number of nitrogens with one attached hydrogen (secondary N) is 1. The van der Waals surface area contributed by atoms with Crippen LogP contribution in [0.5, 0.6) is 0 Å². The molecule has 0 unspecified atom stereocenters. The van der Waals surface area contributed by atoms with E-state index in [1.165, 1.54) is 0 Å². The van der Waals surface area contributed by atoms with E-state index in [9.17, 15) is 10.1 Å². The molecule has 0 saturated carbocycles. The summed E-state index contributed by atoms with van der Waals surface area (Å²) in [7, 11) is 0. The fourth-order valence-corrected chi connectivity index (χ4v) is 2.27. The highest BCUT2D eigenvalue weighted by Crippen LogP contribution is 2.27. The fraction of sp³-hybridized carbons (Fsp3) is 0.727. The second kappa shape index (κ2) is 7.25. The molecule has 0 aliphatic heterocycles. The van der Waals surface area contributed by atoms with Crippen molar-refractivity contribution in [3.05, 3.63) is 15.8 Å². The van der Waals surface area contributed by atoms with Crippen molar-refractivity contribution in [3.63, 3.8) is 0 Å². The van der Waals surface area contributed by atoms with Gasteiger partial charge in [0.1, 0.15) is 5.69 Å². The van der Waals surface area contributed by atoms with E-state index in [4.69, 9.17) is 0 Å². The molecule has 0 aliphatic carbocycles. The number of rotatable bonds is 8. The quantitative estimate of drug-likeness (QED) is 0.447. The standard InChI is InChI=1S/C11H20N4O2S/c1-4-14-11(12-7-5-6-8-18-3)10(15(16)17)9(2)13-14/h12H,4-8H2,1-3H3. The SMILES string of the molecule is CCn1nc(C)c([N+](=O)[O-])c1NCCCCSC. The second-order valence-electron chi connectivity index (χ2n) is 3.98. The van der Waals surface area contributed by atoms with Crippen LogP contribution in [-0.2, 0) is 6.54 Å². The smallest absolute Gasteiger partial charge is 0.333 e. The molecule has 0 spiro atoms. The van der Waals surface area contributed by atoms with Crippen LogP contribution >= 0.6 is 11.8 Å². The van der Waals surface area contributed by atoms with E-state index < -0.39 is 0 Å². The Morgan fingerprint density at radius 1 is 1.50 bits per heavy atom. The summed E-state index contributed by atoms with van der Waals surface area (Å²) in [5, 5.41) is 18.3. The van der Waals surface area contributed by atoms with Gasteiger partial charge in [-0.3, -0.25) is 10.1 Å². The van der Waals surface area contributed by atoms with Gasteiger partial charge in [-0.2, -0.15) is 16.9 Å². The molecule has 1 aromatic heterocycles. The minimum Gasteiger partial charge on any atom is -0.365 e. The maximum atomic E-state index is 11.0. The van der Waals surface area contributed by atoms with E-state index in [0.717, 1.165) is 25.1 Å².